The van der Waals surface area contributed by atoms with Gasteiger partial charge in [0.05, 0.1) is 27.9 Å². The van der Waals surface area contributed by atoms with E-state index in [4.69, 9.17) is 30.8 Å². The van der Waals surface area contributed by atoms with Crippen LogP contribution >= 0.6 is 11.6 Å². The molecule has 41 heavy (non-hydrogen) atoms. The summed E-state index contributed by atoms with van der Waals surface area (Å²) in [5.41, 5.74) is 3.61. The van der Waals surface area contributed by atoms with E-state index < -0.39 is 5.76 Å². The van der Waals surface area contributed by atoms with Gasteiger partial charge in [-0.15, -0.1) is 0 Å². The number of hydrogen-bond donors (Lipinski definition) is 1. The summed E-state index contributed by atoms with van der Waals surface area (Å²) in [6.07, 6.45) is 9.26. The van der Waals surface area contributed by atoms with Gasteiger partial charge in [-0.2, -0.15) is 0 Å². The van der Waals surface area contributed by atoms with Crippen LogP contribution in [0.5, 0.6) is 0 Å². The number of halogens is 1. The molecule has 6 rings (SSSR count). The fraction of sp³-hybridized carbons (Fsp3) is 0.567. The molecule has 3 atom stereocenters. The number of anilines is 1. The lowest BCUT2D eigenvalue weighted by atomic mass is 9.79. The van der Waals surface area contributed by atoms with Gasteiger partial charge in [-0.25, -0.2) is 14.8 Å². The Bertz CT molecular complexity index is 1590. The van der Waals surface area contributed by atoms with Crippen LogP contribution in [0.2, 0.25) is 5.02 Å². The van der Waals surface area contributed by atoms with Gasteiger partial charge in [0.2, 0.25) is 11.8 Å². The summed E-state index contributed by atoms with van der Waals surface area (Å²) in [6.45, 7) is 9.96. The standard InChI is InChI=1S/C30H38ClN7O3/c1-16(2)25-11-22(40-5)15-37(25)29-34-23-12-24(28-35-30(39)41-36-28)33-26(20-10-21(31)14-32-13-20)27(23)38(29)18(4)19-8-6-17(3)7-9-19/h10,12-14,16-19,22,25H,6-9,11,15H2,1-5H3,(H,35,36,39)/t17-,18?,19-,22-,25+/m1/s1. The summed E-state index contributed by atoms with van der Waals surface area (Å²) in [5, 5.41) is 4.43. The number of aromatic nitrogens is 6. The first-order chi connectivity index (χ1) is 19.7. The Hall–Kier alpha value is -3.24. The van der Waals surface area contributed by atoms with Crippen molar-refractivity contribution in [2.24, 2.45) is 17.8 Å². The molecule has 0 amide bonds. The fourth-order valence-electron chi connectivity index (χ4n) is 6.74. The third-order valence-corrected chi connectivity index (χ3v) is 9.33. The third-order valence-electron chi connectivity index (χ3n) is 9.13. The van der Waals surface area contributed by atoms with E-state index in [9.17, 15) is 4.79 Å². The normalized spacial score (nSPS) is 24.0. The minimum atomic E-state index is -0.637. The lowest BCUT2D eigenvalue weighted by Crippen LogP contribution is -2.36. The average Bonchev–Trinajstić information content (AvgIpc) is 3.69. The molecule has 218 valence electrons. The van der Waals surface area contributed by atoms with Crippen LogP contribution in [0.25, 0.3) is 33.8 Å². The zero-order valence-corrected chi connectivity index (χ0v) is 25.1. The maximum absolute atomic E-state index is 11.8. The SMILES string of the molecule is CO[C@@H]1C[C@@H](C(C)C)N(c2nc3cc(-c4noc(=O)[nH]4)nc(-c4cncc(Cl)c4)c3n2C(C)[C@H]2CC[C@H](C)CC2)C1. The molecule has 1 aliphatic carbocycles. The molecule has 1 saturated carbocycles. The van der Waals surface area contributed by atoms with Crippen molar-refractivity contribution in [2.75, 3.05) is 18.6 Å². The maximum atomic E-state index is 11.8. The summed E-state index contributed by atoms with van der Waals surface area (Å²) in [6, 6.07) is 4.21. The number of ether oxygens (including phenoxy) is 1. The molecule has 5 heterocycles. The highest BCUT2D eigenvalue weighted by atomic mass is 35.5. The summed E-state index contributed by atoms with van der Waals surface area (Å²) in [4.78, 5) is 31.6. The van der Waals surface area contributed by atoms with Gasteiger partial charge in [-0.3, -0.25) is 14.5 Å². The summed E-state index contributed by atoms with van der Waals surface area (Å²) < 4.78 is 13.1. The van der Waals surface area contributed by atoms with Crippen LogP contribution in [0.4, 0.5) is 5.95 Å². The van der Waals surface area contributed by atoms with Crippen molar-refractivity contribution in [3.63, 3.8) is 0 Å². The number of nitrogens with zero attached hydrogens (tertiary/aromatic N) is 6. The Labute approximate surface area is 244 Å². The van der Waals surface area contributed by atoms with Crippen molar-refractivity contribution in [2.45, 2.75) is 78.0 Å². The minimum absolute atomic E-state index is 0.131. The van der Waals surface area contributed by atoms with Crippen LogP contribution < -0.4 is 10.7 Å². The van der Waals surface area contributed by atoms with Crippen molar-refractivity contribution in [1.82, 2.24) is 29.7 Å². The molecular weight excluding hydrogens is 542 g/mol. The molecule has 0 radical (unpaired) electrons. The van der Waals surface area contributed by atoms with Gasteiger partial charge < -0.3 is 14.2 Å². The molecule has 2 aliphatic rings. The highest BCUT2D eigenvalue weighted by Crippen LogP contribution is 2.43. The van der Waals surface area contributed by atoms with Crippen molar-refractivity contribution in [3.8, 4) is 22.8 Å². The van der Waals surface area contributed by atoms with Crippen molar-refractivity contribution in [3.05, 3.63) is 40.1 Å². The lowest BCUT2D eigenvalue weighted by Gasteiger charge is -2.35. The second kappa shape index (κ2) is 11.2. The van der Waals surface area contributed by atoms with E-state index in [0.717, 1.165) is 41.4 Å². The largest absolute Gasteiger partial charge is 0.439 e. The van der Waals surface area contributed by atoms with Crippen LogP contribution in [-0.4, -0.2) is 55.5 Å². The number of H-pyrrole nitrogens is 1. The zero-order chi connectivity index (χ0) is 28.8. The maximum Gasteiger partial charge on any atom is 0.439 e. The van der Waals surface area contributed by atoms with Gasteiger partial charge in [-0.05, 0) is 56.1 Å². The van der Waals surface area contributed by atoms with Gasteiger partial charge in [0.1, 0.15) is 5.69 Å². The Morgan fingerprint density at radius 2 is 1.90 bits per heavy atom. The number of imidazole rings is 1. The number of aromatic amines is 1. The molecule has 1 saturated heterocycles. The second-order valence-electron chi connectivity index (χ2n) is 12.2. The van der Waals surface area contributed by atoms with Gasteiger partial charge >= 0.3 is 5.76 Å². The average molecular weight is 580 g/mol. The van der Waals surface area contributed by atoms with E-state index in [-0.39, 0.29) is 24.0 Å². The molecule has 0 aromatic carbocycles. The first-order valence-corrected chi connectivity index (χ1v) is 15.0. The molecule has 1 N–H and O–H groups in total. The quantitative estimate of drug-likeness (QED) is 0.278. The molecule has 4 aromatic heterocycles. The van der Waals surface area contributed by atoms with Crippen LogP contribution in [0.15, 0.2) is 33.8 Å². The molecular formula is C30H38ClN7O3. The van der Waals surface area contributed by atoms with E-state index >= 15 is 0 Å². The first kappa shape index (κ1) is 27.9. The second-order valence-corrected chi connectivity index (χ2v) is 12.6. The molecule has 1 unspecified atom stereocenters. The zero-order valence-electron chi connectivity index (χ0n) is 24.3. The van der Waals surface area contributed by atoms with Gasteiger partial charge in [-0.1, -0.05) is 50.4 Å². The molecule has 0 spiro atoms. The number of methoxy groups -OCH3 is 1. The van der Waals surface area contributed by atoms with Crippen molar-refractivity contribution in [1.29, 1.82) is 0 Å². The molecule has 1 aliphatic heterocycles. The van der Waals surface area contributed by atoms with Crippen LogP contribution in [0.3, 0.4) is 0 Å². The van der Waals surface area contributed by atoms with Crippen LogP contribution in [0, 0.1) is 17.8 Å². The number of pyridine rings is 2. The van der Waals surface area contributed by atoms with Gasteiger partial charge in [0.15, 0.2) is 0 Å². The van der Waals surface area contributed by atoms with Crippen LogP contribution in [0.1, 0.15) is 65.8 Å². The number of nitrogens with one attached hydrogen (secondary N) is 1. The molecule has 0 bridgehead atoms. The Morgan fingerprint density at radius 1 is 1.12 bits per heavy atom. The summed E-state index contributed by atoms with van der Waals surface area (Å²) >= 11 is 6.43. The van der Waals surface area contributed by atoms with E-state index in [2.05, 4.69) is 52.3 Å². The third kappa shape index (κ3) is 5.28. The number of rotatable bonds is 7. The highest BCUT2D eigenvalue weighted by Gasteiger charge is 2.39. The summed E-state index contributed by atoms with van der Waals surface area (Å²) in [5.74, 6) is 2.22. The van der Waals surface area contributed by atoms with E-state index in [1.54, 1.807) is 19.5 Å². The highest BCUT2D eigenvalue weighted by molar-refractivity contribution is 6.30. The van der Waals surface area contributed by atoms with Gasteiger partial charge in [0, 0.05) is 43.7 Å². The monoisotopic (exact) mass is 579 g/mol. The van der Waals surface area contributed by atoms with Gasteiger partial charge in [0.25, 0.3) is 0 Å². The topological polar surface area (TPSA) is 115 Å². The first-order valence-electron chi connectivity index (χ1n) is 14.6. The Kier molecular flexibility index (Phi) is 7.63. The van der Waals surface area contributed by atoms with E-state index in [1.165, 1.54) is 25.7 Å². The Balaban J connectivity index is 1.62. The van der Waals surface area contributed by atoms with Crippen LogP contribution in [-0.2, 0) is 4.74 Å². The fourth-order valence-corrected chi connectivity index (χ4v) is 6.91. The number of hydrogen-bond acceptors (Lipinski definition) is 8. The van der Waals surface area contributed by atoms with E-state index in [0.29, 0.717) is 28.2 Å². The van der Waals surface area contributed by atoms with E-state index in [1.807, 2.05) is 12.1 Å². The summed E-state index contributed by atoms with van der Waals surface area (Å²) in [7, 11) is 1.79. The number of fused-ring (bicyclic) bond motifs is 1. The molecule has 11 heteroatoms. The molecule has 10 nitrogen and oxygen atoms in total. The van der Waals surface area contributed by atoms with Crippen molar-refractivity contribution >= 4 is 28.6 Å². The molecule has 4 aromatic rings. The molecule has 2 fully saturated rings. The predicted octanol–water partition coefficient (Wildman–Crippen LogP) is 6.13. The predicted molar refractivity (Wildman–Crippen MR) is 159 cm³/mol. The smallest absolute Gasteiger partial charge is 0.380 e. The minimum Gasteiger partial charge on any atom is -0.380 e. The van der Waals surface area contributed by atoms with Crippen molar-refractivity contribution < 1.29 is 9.26 Å². The lowest BCUT2D eigenvalue weighted by molar-refractivity contribution is 0.116. The Morgan fingerprint density at radius 3 is 2.56 bits per heavy atom.